The Balaban J connectivity index is 1.35. The van der Waals surface area contributed by atoms with Crippen LogP contribution in [0.25, 0.3) is 6.08 Å². The highest BCUT2D eigenvalue weighted by atomic mass is 16.5. The Morgan fingerprint density at radius 1 is 0.973 bits per heavy atom. The van der Waals surface area contributed by atoms with Crippen molar-refractivity contribution in [3.8, 4) is 23.0 Å². The molecule has 3 aromatic rings. The molecule has 0 aliphatic carbocycles. The third-order valence-electron chi connectivity index (χ3n) is 6.86. The molecule has 0 spiro atoms. The zero-order valence-corrected chi connectivity index (χ0v) is 21.7. The van der Waals surface area contributed by atoms with Crippen LogP contribution in [0.3, 0.4) is 0 Å². The predicted octanol–water partition coefficient (Wildman–Crippen LogP) is 5.52. The molecule has 7 heteroatoms. The number of hydrogen-bond donors (Lipinski definition) is 0. The molecule has 0 saturated carbocycles. The summed E-state index contributed by atoms with van der Waals surface area (Å²) in [6, 6.07) is 17.7. The molecule has 0 bridgehead atoms. The molecule has 0 saturated heterocycles. The fourth-order valence-corrected chi connectivity index (χ4v) is 4.86. The number of fused-ring (bicyclic) bond motifs is 3. The molecule has 192 valence electrons. The summed E-state index contributed by atoms with van der Waals surface area (Å²) < 4.78 is 23.0. The van der Waals surface area contributed by atoms with Crippen LogP contribution in [0.15, 0.2) is 60.4 Å². The lowest BCUT2D eigenvalue weighted by Crippen LogP contribution is -2.31. The maximum Gasteiger partial charge on any atom is 0.231 e. The van der Waals surface area contributed by atoms with Crippen LogP contribution in [-0.2, 0) is 13.1 Å². The summed E-state index contributed by atoms with van der Waals surface area (Å²) in [5.41, 5.74) is 4.62. The van der Waals surface area contributed by atoms with E-state index in [1.165, 1.54) is 0 Å². The molecule has 0 amide bonds. The number of allylic oxidation sites excluding steroid dienone is 1. The van der Waals surface area contributed by atoms with Crippen molar-refractivity contribution in [1.82, 2.24) is 4.90 Å². The SMILES string of the molecule is CCN(CC)c1ccc(/C=C2\Oc3c(ccc4c3CN(Cc3ccc(OC)c(OC)c3)CO4)C2=O)cc1. The van der Waals surface area contributed by atoms with Crippen molar-refractivity contribution in [2.45, 2.75) is 26.9 Å². The Kier molecular flexibility index (Phi) is 7.06. The van der Waals surface area contributed by atoms with E-state index in [0.29, 0.717) is 48.4 Å². The molecule has 0 atom stereocenters. The number of hydrogen-bond acceptors (Lipinski definition) is 7. The van der Waals surface area contributed by atoms with Crippen LogP contribution in [0.2, 0.25) is 0 Å². The number of carbonyl (C=O) groups excluding carboxylic acids is 1. The summed E-state index contributed by atoms with van der Waals surface area (Å²) in [5.74, 6) is 2.94. The van der Waals surface area contributed by atoms with Gasteiger partial charge in [0.15, 0.2) is 17.3 Å². The van der Waals surface area contributed by atoms with Crippen LogP contribution in [0.4, 0.5) is 5.69 Å². The topological polar surface area (TPSA) is 60.5 Å². The van der Waals surface area contributed by atoms with E-state index >= 15 is 0 Å². The van der Waals surface area contributed by atoms with Gasteiger partial charge < -0.3 is 23.8 Å². The third-order valence-corrected chi connectivity index (χ3v) is 6.86. The summed E-state index contributed by atoms with van der Waals surface area (Å²) in [5, 5.41) is 0. The summed E-state index contributed by atoms with van der Waals surface area (Å²) in [6.45, 7) is 7.87. The van der Waals surface area contributed by atoms with E-state index in [0.717, 1.165) is 41.2 Å². The Morgan fingerprint density at radius 2 is 1.73 bits per heavy atom. The Morgan fingerprint density at radius 3 is 2.43 bits per heavy atom. The molecule has 2 aliphatic heterocycles. The molecule has 7 nitrogen and oxygen atoms in total. The molecule has 3 aromatic carbocycles. The highest BCUT2D eigenvalue weighted by molar-refractivity contribution is 6.15. The predicted molar refractivity (Wildman–Crippen MR) is 144 cm³/mol. The standard InChI is InChI=1S/C30H32N2O5/c1-5-32(6-2)22-10-7-20(8-11-22)15-28-29(33)23-12-14-25-24(30(23)37-28)18-31(19-36-25)17-21-9-13-26(34-3)27(16-21)35-4/h7-16H,5-6,17-19H2,1-4H3/b28-15-. The average molecular weight is 501 g/mol. The average Bonchev–Trinajstić information content (AvgIpc) is 3.25. The second-order valence-electron chi connectivity index (χ2n) is 9.07. The van der Waals surface area contributed by atoms with Crippen LogP contribution in [0.5, 0.6) is 23.0 Å². The number of Topliss-reactive ketones (excluding diaryl/α,β-unsaturated/α-hetero) is 1. The normalized spacial score (nSPS) is 15.6. The third kappa shape index (κ3) is 4.87. The van der Waals surface area contributed by atoms with Gasteiger partial charge >= 0.3 is 0 Å². The monoisotopic (exact) mass is 500 g/mol. The van der Waals surface area contributed by atoms with Crippen LogP contribution in [0.1, 0.15) is 40.9 Å². The van der Waals surface area contributed by atoms with Gasteiger partial charge in [0.2, 0.25) is 5.78 Å². The van der Waals surface area contributed by atoms with Gasteiger partial charge in [0.25, 0.3) is 0 Å². The van der Waals surface area contributed by atoms with Gasteiger partial charge in [0.1, 0.15) is 18.2 Å². The van der Waals surface area contributed by atoms with E-state index in [9.17, 15) is 4.79 Å². The van der Waals surface area contributed by atoms with E-state index in [2.05, 4.69) is 35.8 Å². The van der Waals surface area contributed by atoms with Crippen LogP contribution < -0.4 is 23.8 Å². The minimum Gasteiger partial charge on any atom is -0.493 e. The molecule has 0 fully saturated rings. The Bertz CT molecular complexity index is 1330. The number of carbonyl (C=O) groups is 1. The van der Waals surface area contributed by atoms with Crippen molar-refractivity contribution >= 4 is 17.5 Å². The number of ether oxygens (including phenoxy) is 4. The highest BCUT2D eigenvalue weighted by Gasteiger charge is 2.33. The number of ketones is 1. The first-order chi connectivity index (χ1) is 18.0. The van der Waals surface area contributed by atoms with Crippen molar-refractivity contribution in [2.24, 2.45) is 0 Å². The maximum absolute atomic E-state index is 13.2. The quantitative estimate of drug-likeness (QED) is 0.378. The largest absolute Gasteiger partial charge is 0.493 e. The lowest BCUT2D eigenvalue weighted by molar-refractivity contribution is 0.0872. The van der Waals surface area contributed by atoms with E-state index in [4.69, 9.17) is 18.9 Å². The molecule has 37 heavy (non-hydrogen) atoms. The van der Waals surface area contributed by atoms with Crippen molar-refractivity contribution in [3.05, 3.63) is 82.6 Å². The smallest absolute Gasteiger partial charge is 0.231 e. The molecule has 0 radical (unpaired) electrons. The Labute approximate surface area is 217 Å². The number of benzene rings is 3. The first kappa shape index (κ1) is 24.7. The molecule has 0 N–H and O–H groups in total. The van der Waals surface area contributed by atoms with E-state index in [1.54, 1.807) is 20.3 Å². The lowest BCUT2D eigenvalue weighted by atomic mass is 10.0. The first-order valence-corrected chi connectivity index (χ1v) is 12.6. The molecule has 2 heterocycles. The lowest BCUT2D eigenvalue weighted by Gasteiger charge is -2.29. The van der Waals surface area contributed by atoms with Gasteiger partial charge in [-0.3, -0.25) is 9.69 Å². The van der Waals surface area contributed by atoms with Gasteiger partial charge in [0.05, 0.1) is 25.3 Å². The summed E-state index contributed by atoms with van der Waals surface area (Å²) in [7, 11) is 3.25. The number of rotatable bonds is 8. The van der Waals surface area contributed by atoms with Crippen LogP contribution in [0, 0.1) is 0 Å². The van der Waals surface area contributed by atoms with Crippen LogP contribution >= 0.6 is 0 Å². The van der Waals surface area contributed by atoms with Gasteiger partial charge in [-0.15, -0.1) is 0 Å². The summed E-state index contributed by atoms with van der Waals surface area (Å²) in [6.07, 6.45) is 1.81. The molecule has 2 aliphatic rings. The molecular formula is C30H32N2O5. The van der Waals surface area contributed by atoms with E-state index in [1.807, 2.05) is 42.5 Å². The van der Waals surface area contributed by atoms with Gasteiger partial charge in [-0.1, -0.05) is 18.2 Å². The molecule has 0 unspecified atom stereocenters. The van der Waals surface area contributed by atoms with Gasteiger partial charge in [-0.2, -0.15) is 0 Å². The Hall–Kier alpha value is -3.97. The number of methoxy groups -OCH3 is 2. The summed E-state index contributed by atoms with van der Waals surface area (Å²) in [4.78, 5) is 17.6. The fraction of sp³-hybridized carbons (Fsp3) is 0.300. The highest BCUT2D eigenvalue weighted by Crippen LogP contribution is 2.42. The van der Waals surface area contributed by atoms with Crippen molar-refractivity contribution in [1.29, 1.82) is 0 Å². The van der Waals surface area contributed by atoms with Crippen molar-refractivity contribution in [2.75, 3.05) is 38.9 Å². The van der Waals surface area contributed by atoms with Gasteiger partial charge in [0, 0.05) is 31.9 Å². The molecular weight excluding hydrogens is 468 g/mol. The minimum absolute atomic E-state index is 0.109. The van der Waals surface area contributed by atoms with Crippen molar-refractivity contribution < 1.29 is 23.7 Å². The summed E-state index contributed by atoms with van der Waals surface area (Å²) >= 11 is 0. The van der Waals surface area contributed by atoms with E-state index in [-0.39, 0.29) is 5.78 Å². The molecule has 5 rings (SSSR count). The number of nitrogens with zero attached hydrogens (tertiary/aromatic N) is 2. The first-order valence-electron chi connectivity index (χ1n) is 12.6. The zero-order valence-electron chi connectivity index (χ0n) is 21.7. The molecule has 0 aromatic heterocycles. The second-order valence-corrected chi connectivity index (χ2v) is 9.07. The second kappa shape index (κ2) is 10.6. The maximum atomic E-state index is 13.2. The minimum atomic E-state index is -0.109. The van der Waals surface area contributed by atoms with Gasteiger partial charge in [-0.25, -0.2) is 0 Å². The van der Waals surface area contributed by atoms with E-state index < -0.39 is 0 Å². The number of anilines is 1. The van der Waals surface area contributed by atoms with Gasteiger partial charge in [-0.05, 0) is 67.4 Å². The van der Waals surface area contributed by atoms with Crippen LogP contribution in [-0.4, -0.2) is 44.7 Å². The van der Waals surface area contributed by atoms with Crippen molar-refractivity contribution in [3.63, 3.8) is 0 Å². The zero-order chi connectivity index (χ0) is 25.9. The fourth-order valence-electron chi connectivity index (χ4n) is 4.86.